The van der Waals surface area contributed by atoms with E-state index < -0.39 is 5.97 Å². The molecule has 0 atom stereocenters. The predicted octanol–water partition coefficient (Wildman–Crippen LogP) is 7.43. The number of hydrogen-bond donors (Lipinski definition) is 1. The molecule has 5 rings (SSSR count). The van der Waals surface area contributed by atoms with Crippen molar-refractivity contribution in [2.45, 2.75) is 0 Å². The number of carbonyl (C=O) groups is 2. The smallest absolute Gasteiger partial charge is 0.341 e. The van der Waals surface area contributed by atoms with Crippen LogP contribution in [-0.4, -0.2) is 24.0 Å². The molecule has 0 aliphatic rings. The minimum Gasteiger partial charge on any atom is -0.465 e. The molecule has 3 aromatic carbocycles. The molecular formula is C28H19BrN2O3S. The Kier molecular flexibility index (Phi) is 6.44. The number of aromatic nitrogens is 1. The molecule has 0 aliphatic carbocycles. The molecule has 7 heteroatoms. The Balaban J connectivity index is 1.58. The van der Waals surface area contributed by atoms with E-state index in [9.17, 15) is 9.59 Å². The first kappa shape index (κ1) is 23.0. The second-order valence-corrected chi connectivity index (χ2v) is 9.54. The Morgan fingerprint density at radius 3 is 2.37 bits per heavy atom. The van der Waals surface area contributed by atoms with Gasteiger partial charge in [0.1, 0.15) is 10.6 Å². The highest BCUT2D eigenvalue weighted by molar-refractivity contribution is 9.10. The second kappa shape index (κ2) is 9.82. The highest BCUT2D eigenvalue weighted by Crippen LogP contribution is 2.37. The number of hydrogen-bond acceptors (Lipinski definition) is 5. The van der Waals surface area contributed by atoms with Gasteiger partial charge in [0.2, 0.25) is 0 Å². The highest BCUT2D eigenvalue weighted by atomic mass is 79.9. The number of carbonyl (C=O) groups excluding carboxylic acids is 2. The van der Waals surface area contributed by atoms with Crippen LogP contribution in [0, 0.1) is 0 Å². The van der Waals surface area contributed by atoms with Crippen LogP contribution in [0.1, 0.15) is 20.7 Å². The number of rotatable bonds is 5. The molecule has 5 aromatic rings. The zero-order valence-electron chi connectivity index (χ0n) is 18.6. The monoisotopic (exact) mass is 542 g/mol. The van der Waals surface area contributed by atoms with E-state index in [0.29, 0.717) is 32.9 Å². The van der Waals surface area contributed by atoms with Crippen molar-refractivity contribution in [3.05, 3.63) is 106 Å². The van der Waals surface area contributed by atoms with E-state index >= 15 is 0 Å². The van der Waals surface area contributed by atoms with Crippen LogP contribution < -0.4 is 5.32 Å². The van der Waals surface area contributed by atoms with Crippen LogP contribution in [0.4, 0.5) is 5.00 Å². The van der Waals surface area contributed by atoms with Gasteiger partial charge < -0.3 is 10.1 Å². The van der Waals surface area contributed by atoms with Gasteiger partial charge >= 0.3 is 5.97 Å². The summed E-state index contributed by atoms with van der Waals surface area (Å²) in [5, 5.41) is 5.97. The van der Waals surface area contributed by atoms with Gasteiger partial charge in [-0.15, -0.1) is 11.3 Å². The summed E-state index contributed by atoms with van der Waals surface area (Å²) in [5.41, 5.74) is 4.69. The average molecular weight is 543 g/mol. The van der Waals surface area contributed by atoms with E-state index in [1.165, 1.54) is 18.4 Å². The Morgan fingerprint density at radius 1 is 0.914 bits per heavy atom. The van der Waals surface area contributed by atoms with Crippen LogP contribution in [0.2, 0.25) is 0 Å². The van der Waals surface area contributed by atoms with Gasteiger partial charge in [-0.3, -0.25) is 4.79 Å². The van der Waals surface area contributed by atoms with Crippen molar-refractivity contribution < 1.29 is 14.3 Å². The molecule has 0 radical (unpaired) electrons. The Morgan fingerprint density at radius 2 is 1.63 bits per heavy atom. The molecule has 0 unspecified atom stereocenters. The number of ether oxygens (including phenoxy) is 1. The number of nitrogens with one attached hydrogen (secondary N) is 1. The number of anilines is 1. The van der Waals surface area contributed by atoms with Gasteiger partial charge in [-0.25, -0.2) is 9.78 Å². The first-order chi connectivity index (χ1) is 17.0. The van der Waals surface area contributed by atoms with Crippen LogP contribution in [0.3, 0.4) is 0 Å². The van der Waals surface area contributed by atoms with Crippen molar-refractivity contribution in [2.75, 3.05) is 12.4 Å². The summed E-state index contributed by atoms with van der Waals surface area (Å²) >= 11 is 4.72. The van der Waals surface area contributed by atoms with Gasteiger partial charge in [0.25, 0.3) is 5.91 Å². The van der Waals surface area contributed by atoms with Crippen molar-refractivity contribution in [1.82, 2.24) is 4.98 Å². The van der Waals surface area contributed by atoms with Crippen molar-refractivity contribution in [3.8, 4) is 22.4 Å². The average Bonchev–Trinajstić information content (AvgIpc) is 3.31. The Labute approximate surface area is 214 Å². The number of thiophene rings is 1. The molecule has 35 heavy (non-hydrogen) atoms. The number of fused-ring (bicyclic) bond motifs is 1. The number of pyridine rings is 1. The lowest BCUT2D eigenvalue weighted by Gasteiger charge is -2.11. The minimum atomic E-state index is -0.510. The summed E-state index contributed by atoms with van der Waals surface area (Å²) < 4.78 is 5.99. The standard InChI is InChI=1S/C28H19BrN2O3S/c1-34-28(33)25-22(17-11-13-19(29)14-12-17)16-35-27(25)31-26(32)21-15-24(18-7-3-2-4-8-18)30-23-10-6-5-9-20(21)23/h2-16H,1H3,(H,31,32). The van der Waals surface area contributed by atoms with Gasteiger partial charge in [-0.1, -0.05) is 76.6 Å². The molecule has 2 aromatic heterocycles. The maximum atomic E-state index is 13.6. The number of amides is 1. The molecule has 0 fully saturated rings. The van der Waals surface area contributed by atoms with Crippen LogP contribution in [0.25, 0.3) is 33.3 Å². The summed E-state index contributed by atoms with van der Waals surface area (Å²) in [4.78, 5) is 31.1. The maximum absolute atomic E-state index is 13.6. The van der Waals surface area contributed by atoms with E-state index in [0.717, 1.165) is 21.0 Å². The third kappa shape index (κ3) is 4.60. The molecule has 172 valence electrons. The lowest BCUT2D eigenvalue weighted by atomic mass is 10.0. The molecule has 5 nitrogen and oxygen atoms in total. The predicted molar refractivity (Wildman–Crippen MR) is 144 cm³/mol. The molecule has 0 saturated heterocycles. The van der Waals surface area contributed by atoms with Gasteiger partial charge in [0.15, 0.2) is 0 Å². The van der Waals surface area contributed by atoms with E-state index in [4.69, 9.17) is 9.72 Å². The summed E-state index contributed by atoms with van der Waals surface area (Å²) in [6.07, 6.45) is 0. The minimum absolute atomic E-state index is 0.324. The maximum Gasteiger partial charge on any atom is 0.341 e. The van der Waals surface area contributed by atoms with Crippen LogP contribution >= 0.6 is 27.3 Å². The molecule has 1 amide bonds. The van der Waals surface area contributed by atoms with Gasteiger partial charge in [0.05, 0.1) is 23.9 Å². The van der Waals surface area contributed by atoms with Gasteiger partial charge in [0, 0.05) is 26.4 Å². The number of halogens is 1. The largest absolute Gasteiger partial charge is 0.465 e. The normalized spacial score (nSPS) is 10.8. The summed E-state index contributed by atoms with van der Waals surface area (Å²) in [6, 6.07) is 26.7. The third-order valence-electron chi connectivity index (χ3n) is 5.59. The molecule has 0 aliphatic heterocycles. The first-order valence-corrected chi connectivity index (χ1v) is 12.4. The van der Waals surface area contributed by atoms with Crippen LogP contribution in [-0.2, 0) is 4.74 Å². The zero-order chi connectivity index (χ0) is 24.4. The molecular weight excluding hydrogens is 524 g/mol. The van der Waals surface area contributed by atoms with Crippen molar-refractivity contribution in [1.29, 1.82) is 0 Å². The quantitative estimate of drug-likeness (QED) is 0.234. The first-order valence-electron chi connectivity index (χ1n) is 10.8. The van der Waals surface area contributed by atoms with Gasteiger partial charge in [-0.05, 0) is 29.8 Å². The lowest BCUT2D eigenvalue weighted by Crippen LogP contribution is -2.15. The lowest BCUT2D eigenvalue weighted by molar-refractivity contribution is 0.0603. The van der Waals surface area contributed by atoms with E-state index in [1.54, 1.807) is 6.07 Å². The molecule has 2 heterocycles. The fourth-order valence-corrected chi connectivity index (χ4v) is 5.10. The second-order valence-electron chi connectivity index (χ2n) is 7.74. The number of para-hydroxylation sites is 1. The highest BCUT2D eigenvalue weighted by Gasteiger charge is 2.23. The molecule has 0 bridgehead atoms. The topological polar surface area (TPSA) is 68.3 Å². The van der Waals surface area contributed by atoms with E-state index in [-0.39, 0.29) is 5.91 Å². The van der Waals surface area contributed by atoms with Crippen molar-refractivity contribution >= 4 is 55.0 Å². The molecule has 0 saturated carbocycles. The summed E-state index contributed by atoms with van der Waals surface area (Å²) in [7, 11) is 1.33. The number of methoxy groups -OCH3 is 1. The summed E-state index contributed by atoms with van der Waals surface area (Å²) in [6.45, 7) is 0. The van der Waals surface area contributed by atoms with Crippen molar-refractivity contribution in [2.24, 2.45) is 0 Å². The van der Waals surface area contributed by atoms with Crippen molar-refractivity contribution in [3.63, 3.8) is 0 Å². The van der Waals surface area contributed by atoms with E-state index in [1.807, 2.05) is 84.2 Å². The van der Waals surface area contributed by atoms with E-state index in [2.05, 4.69) is 21.2 Å². The third-order valence-corrected chi connectivity index (χ3v) is 7.02. The van der Waals surface area contributed by atoms with Crippen LogP contribution in [0.15, 0.2) is 94.8 Å². The Hall–Kier alpha value is -3.81. The Bertz CT molecular complexity index is 1550. The molecule has 1 N–H and O–H groups in total. The summed E-state index contributed by atoms with van der Waals surface area (Å²) in [5.74, 6) is -0.834. The number of esters is 1. The SMILES string of the molecule is COC(=O)c1c(-c2ccc(Br)cc2)csc1NC(=O)c1cc(-c2ccccc2)nc2ccccc12. The fourth-order valence-electron chi connectivity index (χ4n) is 3.89. The fraction of sp³-hybridized carbons (Fsp3) is 0.0357. The number of nitrogens with zero attached hydrogens (tertiary/aromatic N) is 1. The van der Waals surface area contributed by atoms with Gasteiger partial charge in [-0.2, -0.15) is 0 Å². The van der Waals surface area contributed by atoms with Crippen LogP contribution in [0.5, 0.6) is 0 Å². The molecule has 0 spiro atoms. The number of benzene rings is 3. The zero-order valence-corrected chi connectivity index (χ0v) is 21.0.